The van der Waals surface area contributed by atoms with Crippen molar-refractivity contribution < 1.29 is 56.5 Å². The first-order valence-electron chi connectivity index (χ1n) is 0. The van der Waals surface area contributed by atoms with Gasteiger partial charge in [-0.3, -0.25) is 0 Å². The molecule has 0 spiro atoms. The zero-order valence-electron chi connectivity index (χ0n) is 1.46. The summed E-state index contributed by atoms with van der Waals surface area (Å²) in [6.45, 7) is 0. The van der Waals surface area contributed by atoms with E-state index in [4.69, 9.17) is 0 Å². The molecule has 0 N–H and O–H groups in total. The first-order valence-corrected chi connectivity index (χ1v) is 0. The van der Waals surface area contributed by atoms with Crippen molar-refractivity contribution in [2.75, 3.05) is 0 Å². The van der Waals surface area contributed by atoms with Crippen LogP contribution in [0.4, 0.5) is 0 Å². The molecule has 6 radical (unpaired) electrons. The third-order valence-corrected chi connectivity index (χ3v) is 0. The minimum atomic E-state index is 0. The van der Waals surface area contributed by atoms with Crippen molar-refractivity contribution in [3.05, 3.63) is 0 Å². The van der Waals surface area contributed by atoms with Gasteiger partial charge in [0.05, 0.1) is 0 Å². The predicted molar refractivity (Wildman–Crippen MR) is 5.75 cm³/mol. The smallest absolute Gasteiger partial charge is 0 e. The Balaban J connectivity index is 0. The van der Waals surface area contributed by atoms with Crippen LogP contribution in [-0.4, -0.2) is 23.9 Å². The van der Waals surface area contributed by atoms with Gasteiger partial charge in [0.2, 0.25) is 0 Å². The van der Waals surface area contributed by atoms with Crippen molar-refractivity contribution in [2.24, 2.45) is 0 Å². The second-order valence-corrected chi connectivity index (χ2v) is 0. The maximum absolute atomic E-state index is 0. The van der Waals surface area contributed by atoms with E-state index in [2.05, 4.69) is 0 Å². The fraction of sp³-hybridized carbons (Fsp3) is 0. The Bertz CT molecular complexity index is 8.00. The molecule has 0 rings (SSSR count). The standard InChI is InChI=1S/Ag.Cu.Fe.Sn. The number of hydrogen-bond acceptors (Lipinski definition) is 0. The van der Waals surface area contributed by atoms with Crippen LogP contribution in [0, 0.1) is 0 Å². The average molecular weight is 346 g/mol. The summed E-state index contributed by atoms with van der Waals surface area (Å²) in [7, 11) is 0. The van der Waals surface area contributed by atoms with Gasteiger partial charge in [-0.15, -0.1) is 0 Å². The molecule has 0 atom stereocenters. The molecular weight excluding hydrogens is 346 g/mol. The van der Waals surface area contributed by atoms with E-state index >= 15 is 0 Å². The van der Waals surface area contributed by atoms with Crippen LogP contribution in [0.1, 0.15) is 0 Å². The molecule has 0 unspecified atom stereocenters. The number of hydrogen-bond donors (Lipinski definition) is 0. The second kappa shape index (κ2) is 17.6. The van der Waals surface area contributed by atoms with E-state index in [1.165, 1.54) is 0 Å². The third kappa shape index (κ3) is 8.82. The first-order chi connectivity index (χ1) is 0. The minimum absolute atomic E-state index is 0. The maximum Gasteiger partial charge on any atom is 0 e. The zero-order chi connectivity index (χ0) is 0. The monoisotopic (exact) mass is 346 g/mol. The van der Waals surface area contributed by atoms with Crippen LogP contribution in [0.15, 0.2) is 0 Å². The third-order valence-electron chi connectivity index (χ3n) is 0. The molecule has 0 aromatic heterocycles. The van der Waals surface area contributed by atoms with E-state index in [1.807, 2.05) is 0 Å². The fourth-order valence-corrected chi connectivity index (χ4v) is 0. The van der Waals surface area contributed by atoms with Crippen LogP contribution in [0.5, 0.6) is 0 Å². The van der Waals surface area contributed by atoms with Crippen LogP contribution < -0.4 is 0 Å². The van der Waals surface area contributed by atoms with E-state index in [0.29, 0.717) is 0 Å². The molecule has 0 amide bonds. The van der Waals surface area contributed by atoms with Gasteiger partial charge in [-0.05, 0) is 0 Å². The van der Waals surface area contributed by atoms with E-state index < -0.39 is 0 Å². The Hall–Kier alpha value is 2.58. The molecule has 0 fully saturated rings. The molecule has 34 valence electrons. The first kappa shape index (κ1) is 30.8. The van der Waals surface area contributed by atoms with E-state index in [9.17, 15) is 0 Å². The summed E-state index contributed by atoms with van der Waals surface area (Å²) in [5.74, 6) is 0. The number of rotatable bonds is 0. The SMILES string of the molecule is [Ag].[Cu].[Fe].[Sn]. The van der Waals surface area contributed by atoms with Gasteiger partial charge in [0.15, 0.2) is 0 Å². The Morgan fingerprint density at radius 2 is 1.00 bits per heavy atom. The minimum Gasteiger partial charge on any atom is 0 e. The molecule has 0 aromatic carbocycles. The molecule has 0 bridgehead atoms. The van der Waals surface area contributed by atoms with E-state index in [0.717, 1.165) is 0 Å². The maximum atomic E-state index is 0. The molecule has 0 heterocycles. The summed E-state index contributed by atoms with van der Waals surface area (Å²) < 4.78 is 0. The summed E-state index contributed by atoms with van der Waals surface area (Å²) in [6, 6.07) is 0. The molecule has 4 heteroatoms. The van der Waals surface area contributed by atoms with Gasteiger partial charge in [0.25, 0.3) is 0 Å². The summed E-state index contributed by atoms with van der Waals surface area (Å²) >= 11 is 0. The molecule has 0 aliphatic heterocycles. The summed E-state index contributed by atoms with van der Waals surface area (Å²) in [5.41, 5.74) is 0. The molecule has 0 saturated heterocycles. The van der Waals surface area contributed by atoms with Gasteiger partial charge < -0.3 is 0 Å². The van der Waals surface area contributed by atoms with Crippen molar-refractivity contribution in [3.63, 3.8) is 0 Å². The average Bonchev–Trinajstić information content (AvgIpc) is 0. The van der Waals surface area contributed by atoms with Crippen molar-refractivity contribution in [1.82, 2.24) is 0 Å². The van der Waals surface area contributed by atoms with Crippen molar-refractivity contribution in [1.29, 1.82) is 0 Å². The Morgan fingerprint density at radius 3 is 1.00 bits per heavy atom. The molecule has 0 nitrogen and oxygen atoms in total. The van der Waals surface area contributed by atoms with Gasteiger partial charge >= 0.3 is 0 Å². The molecule has 0 aliphatic carbocycles. The van der Waals surface area contributed by atoms with E-state index in [1.54, 1.807) is 0 Å². The van der Waals surface area contributed by atoms with Gasteiger partial charge in [-0.2, -0.15) is 0 Å². The van der Waals surface area contributed by atoms with Crippen LogP contribution in [-0.2, 0) is 56.5 Å². The topological polar surface area (TPSA) is 0 Å². The Labute approximate surface area is 79.3 Å². The second-order valence-electron chi connectivity index (χ2n) is 0. The predicted octanol–water partition coefficient (Wildman–Crippen LogP) is -0.388. The van der Waals surface area contributed by atoms with Crippen LogP contribution in [0.2, 0.25) is 0 Å². The van der Waals surface area contributed by atoms with E-state index in [-0.39, 0.29) is 80.4 Å². The van der Waals surface area contributed by atoms with Crippen LogP contribution in [0.3, 0.4) is 0 Å². The van der Waals surface area contributed by atoms with Crippen molar-refractivity contribution in [3.8, 4) is 0 Å². The van der Waals surface area contributed by atoms with Crippen molar-refractivity contribution >= 4 is 23.9 Å². The van der Waals surface area contributed by atoms with Crippen molar-refractivity contribution in [2.45, 2.75) is 0 Å². The molecular formula is AgCuFeSn. The summed E-state index contributed by atoms with van der Waals surface area (Å²) in [5, 5.41) is 0. The van der Waals surface area contributed by atoms with Gasteiger partial charge in [-0.1, -0.05) is 0 Å². The Morgan fingerprint density at radius 1 is 1.00 bits per heavy atom. The summed E-state index contributed by atoms with van der Waals surface area (Å²) in [6.07, 6.45) is 0. The molecule has 0 aliphatic rings. The van der Waals surface area contributed by atoms with Crippen LogP contribution >= 0.6 is 0 Å². The fourth-order valence-electron chi connectivity index (χ4n) is 0. The van der Waals surface area contributed by atoms with Gasteiger partial charge in [0, 0.05) is 80.4 Å². The molecule has 0 aromatic rings. The van der Waals surface area contributed by atoms with Gasteiger partial charge in [0.1, 0.15) is 0 Å². The molecule has 4 heavy (non-hydrogen) atoms. The summed E-state index contributed by atoms with van der Waals surface area (Å²) in [4.78, 5) is 0. The largest absolute Gasteiger partial charge is 0 e. The molecule has 0 saturated carbocycles. The quantitative estimate of drug-likeness (QED) is 0.525. The normalized spacial score (nSPS) is 0. The van der Waals surface area contributed by atoms with Gasteiger partial charge in [-0.25, -0.2) is 0 Å². The van der Waals surface area contributed by atoms with Crippen LogP contribution in [0.25, 0.3) is 0 Å². The zero-order valence-corrected chi connectivity index (χ0v) is 7.84. The Kier molecular flexibility index (Phi) is 135.